The Balaban J connectivity index is 1.30. The summed E-state index contributed by atoms with van der Waals surface area (Å²) in [4.78, 5) is 26.6. The van der Waals surface area contributed by atoms with Crippen molar-refractivity contribution >= 4 is 23.1 Å². The van der Waals surface area contributed by atoms with Crippen LogP contribution >= 0.6 is 11.3 Å². The molecule has 1 unspecified atom stereocenters. The largest absolute Gasteiger partial charge is 0.369 e. The van der Waals surface area contributed by atoms with E-state index in [1.807, 2.05) is 12.1 Å². The predicted molar refractivity (Wildman–Crippen MR) is 118 cm³/mol. The molecule has 0 saturated carbocycles. The fraction of sp³-hybridized carbons (Fsp3) is 0.455. The molecule has 0 radical (unpaired) electrons. The molecule has 0 bridgehead atoms. The third kappa shape index (κ3) is 4.33. The van der Waals surface area contributed by atoms with Gasteiger partial charge in [-0.05, 0) is 55.8 Å². The Kier molecular flexibility index (Phi) is 5.69. The van der Waals surface area contributed by atoms with Crippen molar-refractivity contribution in [2.45, 2.75) is 38.3 Å². The van der Waals surface area contributed by atoms with Crippen LogP contribution in [0.3, 0.4) is 0 Å². The number of anilines is 1. The van der Waals surface area contributed by atoms with Crippen LogP contribution in [0, 0.1) is 5.92 Å². The van der Waals surface area contributed by atoms with E-state index in [2.05, 4.69) is 37.5 Å². The van der Waals surface area contributed by atoms with E-state index < -0.39 is 0 Å². The van der Waals surface area contributed by atoms with Crippen LogP contribution in [0.25, 0.3) is 11.4 Å². The Morgan fingerprint density at radius 2 is 2.10 bits per heavy atom. The molecular weight excluding hydrogens is 412 g/mol. The first-order valence-electron chi connectivity index (χ1n) is 10.8. The molecule has 8 nitrogen and oxygen atoms in total. The molecule has 0 aliphatic carbocycles. The minimum absolute atomic E-state index is 0.0391. The Hall–Kier alpha value is -2.78. The highest BCUT2D eigenvalue weighted by Gasteiger charge is 2.31. The van der Waals surface area contributed by atoms with E-state index in [1.54, 1.807) is 17.5 Å². The topological polar surface area (TPSA) is 101 Å². The number of hydrogen-bond donors (Lipinski definition) is 1. The zero-order valence-corrected chi connectivity index (χ0v) is 18.1. The quantitative estimate of drug-likeness (QED) is 0.630. The molecule has 3 aromatic rings. The van der Waals surface area contributed by atoms with Gasteiger partial charge in [-0.15, -0.1) is 11.3 Å². The lowest BCUT2D eigenvalue weighted by atomic mass is 9.96. The number of aromatic nitrogens is 3. The summed E-state index contributed by atoms with van der Waals surface area (Å²) in [6.45, 7) is 3.49. The molecule has 1 amide bonds. The zero-order chi connectivity index (χ0) is 21.2. The summed E-state index contributed by atoms with van der Waals surface area (Å²) in [7, 11) is 0. The highest BCUT2D eigenvalue weighted by Crippen LogP contribution is 2.34. The van der Waals surface area contributed by atoms with Crippen LogP contribution in [0.15, 0.2) is 40.4 Å². The van der Waals surface area contributed by atoms with Gasteiger partial charge in [0.2, 0.25) is 17.6 Å². The van der Waals surface area contributed by atoms with Crippen LogP contribution < -0.4 is 10.6 Å². The summed E-state index contributed by atoms with van der Waals surface area (Å²) in [5, 5.41) is 6.38. The first kappa shape index (κ1) is 20.1. The first-order valence-corrected chi connectivity index (χ1v) is 11.7. The number of carbonyl (C=O) groups is 1. The number of pyridine rings is 1. The maximum atomic E-state index is 11.4. The van der Waals surface area contributed by atoms with Crippen molar-refractivity contribution < 1.29 is 9.32 Å². The van der Waals surface area contributed by atoms with Crippen LogP contribution in [-0.4, -0.2) is 45.6 Å². The molecule has 2 N–H and O–H groups in total. The lowest BCUT2D eigenvalue weighted by Gasteiger charge is -2.31. The van der Waals surface area contributed by atoms with Gasteiger partial charge < -0.3 is 15.2 Å². The molecule has 5 heterocycles. The molecule has 9 heteroatoms. The highest BCUT2D eigenvalue weighted by molar-refractivity contribution is 7.09. The molecule has 2 saturated heterocycles. The second-order valence-electron chi connectivity index (χ2n) is 8.23. The number of rotatable bonds is 6. The fourth-order valence-electron chi connectivity index (χ4n) is 4.51. The predicted octanol–water partition coefficient (Wildman–Crippen LogP) is 3.23. The van der Waals surface area contributed by atoms with E-state index in [0.717, 1.165) is 63.2 Å². The SMILES string of the molecule is NC(=O)C1CCN(c2cc(-c3noc(C4CCCN4Cc4cccs4)n3)ccn2)CC1. The van der Waals surface area contributed by atoms with E-state index in [0.29, 0.717) is 11.7 Å². The van der Waals surface area contributed by atoms with Crippen molar-refractivity contribution in [3.8, 4) is 11.4 Å². The van der Waals surface area contributed by atoms with Crippen molar-refractivity contribution in [2.75, 3.05) is 24.5 Å². The Bertz CT molecular complexity index is 1030. The van der Waals surface area contributed by atoms with Crippen molar-refractivity contribution in [3.63, 3.8) is 0 Å². The van der Waals surface area contributed by atoms with Crippen LogP contribution in [0.1, 0.15) is 42.5 Å². The van der Waals surface area contributed by atoms with Crippen molar-refractivity contribution in [2.24, 2.45) is 11.7 Å². The number of hydrogen-bond acceptors (Lipinski definition) is 8. The number of primary amides is 1. The maximum Gasteiger partial charge on any atom is 0.244 e. The molecule has 0 aromatic carbocycles. The second kappa shape index (κ2) is 8.76. The average molecular weight is 439 g/mol. The molecule has 162 valence electrons. The van der Waals surface area contributed by atoms with Gasteiger partial charge in [0.25, 0.3) is 0 Å². The standard InChI is InChI=1S/C22H26N6O2S/c23-20(29)15-6-10-27(11-7-15)19-13-16(5-8-24-19)21-25-22(30-26-21)18-4-1-9-28(18)14-17-3-2-12-31-17/h2-3,5,8,12-13,15,18H,1,4,6-7,9-11,14H2,(H2,23,29). The number of thiophene rings is 1. The molecule has 2 fully saturated rings. The summed E-state index contributed by atoms with van der Waals surface area (Å²) < 4.78 is 5.69. The minimum Gasteiger partial charge on any atom is -0.369 e. The van der Waals surface area contributed by atoms with E-state index in [-0.39, 0.29) is 17.9 Å². The van der Waals surface area contributed by atoms with E-state index in [9.17, 15) is 4.79 Å². The number of likely N-dealkylation sites (tertiary alicyclic amines) is 1. The van der Waals surface area contributed by atoms with Gasteiger partial charge in [0.15, 0.2) is 0 Å². The minimum atomic E-state index is -0.208. The lowest BCUT2D eigenvalue weighted by Crippen LogP contribution is -2.38. The number of nitrogens with zero attached hydrogens (tertiary/aromatic N) is 5. The smallest absolute Gasteiger partial charge is 0.244 e. The number of nitrogens with two attached hydrogens (primary N) is 1. The number of piperidine rings is 1. The van der Waals surface area contributed by atoms with Gasteiger partial charge in [-0.3, -0.25) is 9.69 Å². The van der Waals surface area contributed by atoms with Gasteiger partial charge >= 0.3 is 0 Å². The maximum absolute atomic E-state index is 11.4. The number of amides is 1. The Morgan fingerprint density at radius 3 is 2.87 bits per heavy atom. The van der Waals surface area contributed by atoms with Gasteiger partial charge in [0.1, 0.15) is 5.82 Å². The van der Waals surface area contributed by atoms with Crippen molar-refractivity contribution in [1.82, 2.24) is 20.0 Å². The molecule has 2 aliphatic rings. The summed E-state index contributed by atoms with van der Waals surface area (Å²) in [6, 6.07) is 8.33. The average Bonchev–Trinajstić information content (AvgIpc) is 3.56. The van der Waals surface area contributed by atoms with Crippen molar-refractivity contribution in [1.29, 1.82) is 0 Å². The highest BCUT2D eigenvalue weighted by atomic mass is 32.1. The Labute approximate surface area is 185 Å². The van der Waals surface area contributed by atoms with Crippen LogP contribution in [0.5, 0.6) is 0 Å². The summed E-state index contributed by atoms with van der Waals surface area (Å²) in [5.74, 6) is 1.90. The zero-order valence-electron chi connectivity index (χ0n) is 17.3. The van der Waals surface area contributed by atoms with Gasteiger partial charge in [-0.25, -0.2) is 4.98 Å². The normalized spacial score (nSPS) is 20.4. The van der Waals surface area contributed by atoms with Crippen LogP contribution in [0.4, 0.5) is 5.82 Å². The second-order valence-corrected chi connectivity index (χ2v) is 9.26. The molecular formula is C22H26N6O2S. The fourth-order valence-corrected chi connectivity index (χ4v) is 5.24. The molecule has 3 aromatic heterocycles. The van der Waals surface area contributed by atoms with Gasteiger partial charge in [-0.1, -0.05) is 11.2 Å². The summed E-state index contributed by atoms with van der Waals surface area (Å²) >= 11 is 1.78. The molecule has 1 atom stereocenters. The van der Waals surface area contributed by atoms with Gasteiger partial charge in [-0.2, -0.15) is 4.98 Å². The van der Waals surface area contributed by atoms with Gasteiger partial charge in [0.05, 0.1) is 6.04 Å². The van der Waals surface area contributed by atoms with E-state index in [4.69, 9.17) is 15.2 Å². The first-order chi connectivity index (χ1) is 15.2. The lowest BCUT2D eigenvalue weighted by molar-refractivity contribution is -0.122. The third-order valence-electron chi connectivity index (χ3n) is 6.25. The molecule has 5 rings (SSSR count). The summed E-state index contributed by atoms with van der Waals surface area (Å²) in [6.07, 6.45) is 5.46. The summed E-state index contributed by atoms with van der Waals surface area (Å²) in [5.41, 5.74) is 6.34. The van der Waals surface area contributed by atoms with Crippen LogP contribution in [0.2, 0.25) is 0 Å². The van der Waals surface area contributed by atoms with Crippen LogP contribution in [-0.2, 0) is 11.3 Å². The van der Waals surface area contributed by atoms with E-state index in [1.165, 1.54) is 4.88 Å². The molecule has 31 heavy (non-hydrogen) atoms. The Morgan fingerprint density at radius 1 is 1.23 bits per heavy atom. The number of carbonyl (C=O) groups excluding carboxylic acids is 1. The van der Waals surface area contributed by atoms with E-state index >= 15 is 0 Å². The third-order valence-corrected chi connectivity index (χ3v) is 7.12. The molecule has 2 aliphatic heterocycles. The van der Waals surface area contributed by atoms with Gasteiger partial charge in [0, 0.05) is 42.2 Å². The van der Waals surface area contributed by atoms with Crippen molar-refractivity contribution in [3.05, 3.63) is 46.6 Å². The monoisotopic (exact) mass is 438 g/mol. The molecule has 0 spiro atoms.